The zero-order valence-electron chi connectivity index (χ0n) is 10.9. The van der Waals surface area contributed by atoms with Gasteiger partial charge in [0.05, 0.1) is 23.7 Å². The molecule has 0 saturated heterocycles. The van der Waals surface area contributed by atoms with Crippen molar-refractivity contribution in [2.75, 3.05) is 13.7 Å². The van der Waals surface area contributed by atoms with Crippen LogP contribution in [0.1, 0.15) is 36.0 Å². The Morgan fingerprint density at radius 2 is 2.16 bits per heavy atom. The number of aliphatic hydroxyl groups excluding tert-OH is 1. The van der Waals surface area contributed by atoms with Gasteiger partial charge in [0.1, 0.15) is 5.75 Å². The van der Waals surface area contributed by atoms with Gasteiger partial charge in [-0.1, -0.05) is 12.8 Å². The molecule has 0 atom stereocenters. The predicted octanol–water partition coefficient (Wildman–Crippen LogP) is 2.49. The molecule has 0 unspecified atom stereocenters. The second-order valence-corrected chi connectivity index (χ2v) is 5.80. The Hall–Kier alpha value is -1.07. The number of nitrogens with one attached hydrogen (secondary N) is 1. The van der Waals surface area contributed by atoms with Gasteiger partial charge in [0, 0.05) is 5.56 Å². The maximum Gasteiger partial charge on any atom is 0.251 e. The highest BCUT2D eigenvalue weighted by Gasteiger charge is 2.34. The quantitative estimate of drug-likeness (QED) is 0.893. The van der Waals surface area contributed by atoms with Crippen molar-refractivity contribution >= 4 is 21.8 Å². The predicted molar refractivity (Wildman–Crippen MR) is 76.4 cm³/mol. The van der Waals surface area contributed by atoms with E-state index in [1.165, 1.54) is 0 Å². The number of halogens is 1. The molecule has 1 saturated carbocycles. The summed E-state index contributed by atoms with van der Waals surface area (Å²) < 4.78 is 5.88. The topological polar surface area (TPSA) is 58.6 Å². The summed E-state index contributed by atoms with van der Waals surface area (Å²) >= 11 is 3.36. The first-order valence-electron chi connectivity index (χ1n) is 6.37. The fourth-order valence-corrected chi connectivity index (χ4v) is 3.04. The number of ether oxygens (including phenoxy) is 1. The lowest BCUT2D eigenvalue weighted by Crippen LogP contribution is -2.49. The van der Waals surface area contributed by atoms with Gasteiger partial charge in [-0.3, -0.25) is 4.79 Å². The summed E-state index contributed by atoms with van der Waals surface area (Å²) in [5.41, 5.74) is 0.121. The van der Waals surface area contributed by atoms with Crippen molar-refractivity contribution < 1.29 is 14.6 Å². The van der Waals surface area contributed by atoms with Crippen molar-refractivity contribution in [3.05, 3.63) is 28.2 Å². The summed E-state index contributed by atoms with van der Waals surface area (Å²) in [5.74, 6) is 0.536. The zero-order valence-corrected chi connectivity index (χ0v) is 12.5. The molecule has 1 fully saturated rings. The Morgan fingerprint density at radius 3 is 2.68 bits per heavy atom. The Morgan fingerprint density at radius 1 is 1.47 bits per heavy atom. The molecule has 0 spiro atoms. The molecular formula is C14H18BrNO3. The number of aliphatic hydroxyl groups is 1. The third-order valence-electron chi connectivity index (χ3n) is 3.66. The van der Waals surface area contributed by atoms with Crippen molar-refractivity contribution in [2.45, 2.75) is 31.2 Å². The van der Waals surface area contributed by atoms with E-state index in [1.807, 2.05) is 0 Å². The van der Waals surface area contributed by atoms with Crippen molar-refractivity contribution in [3.63, 3.8) is 0 Å². The van der Waals surface area contributed by atoms with Crippen LogP contribution in [-0.2, 0) is 0 Å². The summed E-state index contributed by atoms with van der Waals surface area (Å²) in [6, 6.07) is 5.20. The minimum atomic E-state index is -0.441. The largest absolute Gasteiger partial charge is 0.496 e. The summed E-state index contributed by atoms with van der Waals surface area (Å²) in [6.07, 6.45) is 3.78. The Labute approximate surface area is 121 Å². The number of hydrogen-bond donors (Lipinski definition) is 2. The number of carbonyl (C=O) groups excluding carboxylic acids is 1. The van der Waals surface area contributed by atoms with Gasteiger partial charge in [0.15, 0.2) is 0 Å². The number of methoxy groups -OCH3 is 1. The molecule has 5 heteroatoms. The van der Waals surface area contributed by atoms with Gasteiger partial charge in [0.2, 0.25) is 0 Å². The Kier molecular flexibility index (Phi) is 4.47. The second kappa shape index (κ2) is 5.92. The molecule has 1 aliphatic rings. The van der Waals surface area contributed by atoms with Crippen molar-refractivity contribution in [1.29, 1.82) is 0 Å². The smallest absolute Gasteiger partial charge is 0.251 e. The van der Waals surface area contributed by atoms with Crippen LogP contribution in [-0.4, -0.2) is 30.3 Å². The first-order valence-corrected chi connectivity index (χ1v) is 7.16. The van der Waals surface area contributed by atoms with Gasteiger partial charge in [0.25, 0.3) is 5.91 Å². The number of rotatable bonds is 4. The minimum absolute atomic E-state index is 0.00390. The summed E-state index contributed by atoms with van der Waals surface area (Å²) in [4.78, 5) is 12.2. The number of amides is 1. The average molecular weight is 328 g/mol. The van der Waals surface area contributed by atoms with E-state index in [9.17, 15) is 9.90 Å². The highest BCUT2D eigenvalue weighted by Crippen LogP contribution is 2.30. The lowest BCUT2D eigenvalue weighted by atomic mass is 9.98. The summed E-state index contributed by atoms with van der Waals surface area (Å²) in [5, 5.41) is 12.5. The van der Waals surface area contributed by atoms with Gasteiger partial charge in [-0.05, 0) is 47.0 Å². The summed E-state index contributed by atoms with van der Waals surface area (Å²) in [7, 11) is 1.58. The Balaban J connectivity index is 2.13. The van der Waals surface area contributed by atoms with E-state index in [-0.39, 0.29) is 12.5 Å². The van der Waals surface area contributed by atoms with E-state index in [0.29, 0.717) is 11.3 Å². The third kappa shape index (κ3) is 3.09. The molecule has 1 aliphatic carbocycles. The first-order chi connectivity index (χ1) is 9.10. The van der Waals surface area contributed by atoms with Gasteiger partial charge in [-0.15, -0.1) is 0 Å². The van der Waals surface area contributed by atoms with Gasteiger partial charge in [-0.25, -0.2) is 0 Å². The fourth-order valence-electron chi connectivity index (χ4n) is 2.50. The van der Waals surface area contributed by atoms with Crippen LogP contribution in [0.25, 0.3) is 0 Å². The van der Waals surface area contributed by atoms with Crippen LogP contribution in [0.2, 0.25) is 0 Å². The fraction of sp³-hybridized carbons (Fsp3) is 0.500. The van der Waals surface area contributed by atoms with Crippen molar-refractivity contribution in [1.82, 2.24) is 5.32 Å². The number of carbonyl (C=O) groups is 1. The monoisotopic (exact) mass is 327 g/mol. The van der Waals surface area contributed by atoms with Crippen LogP contribution >= 0.6 is 15.9 Å². The molecular weight excluding hydrogens is 310 g/mol. The molecule has 1 amide bonds. The normalized spacial score (nSPS) is 17.2. The van der Waals surface area contributed by atoms with Crippen LogP contribution < -0.4 is 10.1 Å². The van der Waals surface area contributed by atoms with Crippen LogP contribution in [0.3, 0.4) is 0 Å². The second-order valence-electron chi connectivity index (χ2n) is 4.95. The molecule has 0 aromatic heterocycles. The van der Waals surface area contributed by atoms with E-state index in [1.54, 1.807) is 25.3 Å². The van der Waals surface area contributed by atoms with Crippen molar-refractivity contribution in [3.8, 4) is 5.75 Å². The molecule has 0 bridgehead atoms. The molecule has 0 aliphatic heterocycles. The number of benzene rings is 1. The van der Waals surface area contributed by atoms with Crippen LogP contribution in [0.5, 0.6) is 5.75 Å². The van der Waals surface area contributed by atoms with E-state index in [0.717, 1.165) is 30.2 Å². The molecule has 0 radical (unpaired) electrons. The lowest BCUT2D eigenvalue weighted by Gasteiger charge is -2.28. The van der Waals surface area contributed by atoms with E-state index in [4.69, 9.17) is 4.74 Å². The molecule has 1 aromatic carbocycles. The molecule has 1 aromatic rings. The molecule has 2 rings (SSSR count). The molecule has 104 valence electrons. The highest BCUT2D eigenvalue weighted by molar-refractivity contribution is 9.10. The van der Waals surface area contributed by atoms with Gasteiger partial charge in [-0.2, -0.15) is 0 Å². The SMILES string of the molecule is COc1ccc(C(=O)NC2(CO)CCCC2)cc1Br. The number of hydrogen-bond acceptors (Lipinski definition) is 3. The molecule has 4 nitrogen and oxygen atoms in total. The summed E-state index contributed by atoms with van der Waals surface area (Å²) in [6.45, 7) is -0.00390. The third-order valence-corrected chi connectivity index (χ3v) is 4.28. The molecule has 19 heavy (non-hydrogen) atoms. The molecule has 2 N–H and O–H groups in total. The maximum absolute atomic E-state index is 12.2. The zero-order chi connectivity index (χ0) is 13.9. The lowest BCUT2D eigenvalue weighted by molar-refractivity contribution is 0.0838. The van der Waals surface area contributed by atoms with Crippen LogP contribution in [0.4, 0.5) is 0 Å². The maximum atomic E-state index is 12.2. The van der Waals surface area contributed by atoms with E-state index >= 15 is 0 Å². The molecule has 0 heterocycles. The highest BCUT2D eigenvalue weighted by atomic mass is 79.9. The van der Waals surface area contributed by atoms with E-state index < -0.39 is 5.54 Å². The average Bonchev–Trinajstić information content (AvgIpc) is 2.87. The van der Waals surface area contributed by atoms with Crippen LogP contribution in [0.15, 0.2) is 22.7 Å². The minimum Gasteiger partial charge on any atom is -0.496 e. The van der Waals surface area contributed by atoms with Gasteiger partial charge < -0.3 is 15.2 Å². The van der Waals surface area contributed by atoms with Crippen LogP contribution in [0, 0.1) is 0 Å². The van der Waals surface area contributed by atoms with E-state index in [2.05, 4.69) is 21.2 Å². The van der Waals surface area contributed by atoms with Gasteiger partial charge >= 0.3 is 0 Å². The Bertz CT molecular complexity index is 470. The first kappa shape index (κ1) is 14.3. The van der Waals surface area contributed by atoms with Crippen molar-refractivity contribution in [2.24, 2.45) is 0 Å². The standard InChI is InChI=1S/C14H18BrNO3/c1-19-12-5-4-10(8-11(12)15)13(18)16-14(9-17)6-2-3-7-14/h4-5,8,17H,2-3,6-7,9H2,1H3,(H,16,18).